The summed E-state index contributed by atoms with van der Waals surface area (Å²) in [6.45, 7) is 6.03. The standard InChI is InChI=1S/C16H17N3OS/c1-9(2)14-15(21-10(3)18-14)16(20)19-12-5-4-11-6-7-17-13(11)8-12/h4-9,17H,1-3H3,(H,19,20). The Labute approximate surface area is 127 Å². The van der Waals surface area contributed by atoms with Gasteiger partial charge in [-0.15, -0.1) is 11.3 Å². The molecule has 2 heterocycles. The zero-order valence-corrected chi connectivity index (χ0v) is 13.0. The van der Waals surface area contributed by atoms with Crippen LogP contribution in [0.3, 0.4) is 0 Å². The highest BCUT2D eigenvalue weighted by atomic mass is 32.1. The maximum Gasteiger partial charge on any atom is 0.267 e. The summed E-state index contributed by atoms with van der Waals surface area (Å²) in [6.07, 6.45) is 1.89. The number of rotatable bonds is 3. The molecule has 0 saturated heterocycles. The van der Waals surface area contributed by atoms with E-state index in [1.807, 2.05) is 37.4 Å². The lowest BCUT2D eigenvalue weighted by molar-refractivity contribution is 0.102. The summed E-state index contributed by atoms with van der Waals surface area (Å²) < 4.78 is 0. The number of thiazole rings is 1. The Morgan fingerprint density at radius 2 is 2.14 bits per heavy atom. The van der Waals surface area contributed by atoms with Gasteiger partial charge in [0.05, 0.1) is 10.7 Å². The third-order valence-electron chi connectivity index (χ3n) is 3.33. The summed E-state index contributed by atoms with van der Waals surface area (Å²) in [5.74, 6) is 0.150. The molecule has 21 heavy (non-hydrogen) atoms. The normalized spacial score (nSPS) is 11.2. The molecule has 0 bridgehead atoms. The van der Waals surface area contributed by atoms with Crippen molar-refractivity contribution in [3.63, 3.8) is 0 Å². The molecule has 4 nitrogen and oxygen atoms in total. The second kappa shape index (κ2) is 5.33. The lowest BCUT2D eigenvalue weighted by Crippen LogP contribution is -2.13. The van der Waals surface area contributed by atoms with Gasteiger partial charge in [-0.1, -0.05) is 19.9 Å². The average Bonchev–Trinajstić information content (AvgIpc) is 3.04. The van der Waals surface area contributed by atoms with E-state index in [0.29, 0.717) is 4.88 Å². The molecular formula is C16H17N3OS. The number of aromatic amines is 1. The van der Waals surface area contributed by atoms with Gasteiger partial charge >= 0.3 is 0 Å². The number of amides is 1. The van der Waals surface area contributed by atoms with Gasteiger partial charge in [0.15, 0.2) is 0 Å². The van der Waals surface area contributed by atoms with E-state index in [4.69, 9.17) is 0 Å². The molecule has 0 aliphatic carbocycles. The molecule has 0 aliphatic rings. The summed E-state index contributed by atoms with van der Waals surface area (Å²) in [6, 6.07) is 7.85. The minimum absolute atomic E-state index is 0.0878. The number of anilines is 1. The highest BCUT2D eigenvalue weighted by Crippen LogP contribution is 2.26. The predicted molar refractivity (Wildman–Crippen MR) is 87.2 cm³/mol. The van der Waals surface area contributed by atoms with Crippen LogP contribution in [0.2, 0.25) is 0 Å². The molecule has 0 fully saturated rings. The van der Waals surface area contributed by atoms with E-state index in [0.717, 1.165) is 27.3 Å². The quantitative estimate of drug-likeness (QED) is 0.757. The predicted octanol–water partition coefficient (Wildman–Crippen LogP) is 4.31. The highest BCUT2D eigenvalue weighted by Gasteiger charge is 2.19. The first-order valence-corrected chi connectivity index (χ1v) is 7.72. The maximum absolute atomic E-state index is 12.5. The van der Waals surface area contributed by atoms with Crippen molar-refractivity contribution in [2.45, 2.75) is 26.7 Å². The molecule has 0 aliphatic heterocycles. The Kier molecular flexibility index (Phi) is 3.51. The van der Waals surface area contributed by atoms with E-state index in [-0.39, 0.29) is 11.8 Å². The van der Waals surface area contributed by atoms with Gasteiger partial charge in [-0.25, -0.2) is 4.98 Å². The fourth-order valence-corrected chi connectivity index (χ4v) is 3.28. The van der Waals surface area contributed by atoms with Gasteiger partial charge in [-0.05, 0) is 36.4 Å². The lowest BCUT2D eigenvalue weighted by atomic mass is 10.1. The third kappa shape index (κ3) is 2.69. The van der Waals surface area contributed by atoms with Crippen LogP contribution in [0.5, 0.6) is 0 Å². The summed E-state index contributed by atoms with van der Waals surface area (Å²) in [5.41, 5.74) is 2.67. The molecule has 3 rings (SSSR count). The van der Waals surface area contributed by atoms with Crippen LogP contribution in [0.1, 0.15) is 40.1 Å². The first-order valence-electron chi connectivity index (χ1n) is 6.90. The van der Waals surface area contributed by atoms with Gasteiger partial charge in [-0.3, -0.25) is 4.79 Å². The van der Waals surface area contributed by atoms with Crippen molar-refractivity contribution >= 4 is 33.8 Å². The van der Waals surface area contributed by atoms with Crippen LogP contribution in [0.25, 0.3) is 10.9 Å². The van der Waals surface area contributed by atoms with Crippen LogP contribution in [0, 0.1) is 6.92 Å². The van der Waals surface area contributed by atoms with Gasteiger partial charge in [0, 0.05) is 17.4 Å². The molecule has 2 aromatic heterocycles. The minimum Gasteiger partial charge on any atom is -0.361 e. The molecule has 0 unspecified atom stereocenters. The van der Waals surface area contributed by atoms with Gasteiger partial charge in [-0.2, -0.15) is 0 Å². The fraction of sp³-hybridized carbons (Fsp3) is 0.250. The Bertz CT molecular complexity index is 801. The number of nitrogens with zero attached hydrogens (tertiary/aromatic N) is 1. The number of fused-ring (bicyclic) bond motifs is 1. The van der Waals surface area contributed by atoms with Gasteiger partial charge < -0.3 is 10.3 Å². The van der Waals surface area contributed by atoms with E-state index >= 15 is 0 Å². The smallest absolute Gasteiger partial charge is 0.267 e. The molecule has 5 heteroatoms. The van der Waals surface area contributed by atoms with Crippen LogP contribution >= 0.6 is 11.3 Å². The number of nitrogens with one attached hydrogen (secondary N) is 2. The molecule has 0 atom stereocenters. The van der Waals surface area contributed by atoms with Gasteiger partial charge in [0.2, 0.25) is 0 Å². The van der Waals surface area contributed by atoms with Crippen molar-refractivity contribution in [1.82, 2.24) is 9.97 Å². The van der Waals surface area contributed by atoms with E-state index in [2.05, 4.69) is 29.1 Å². The molecule has 0 saturated carbocycles. The monoisotopic (exact) mass is 299 g/mol. The lowest BCUT2D eigenvalue weighted by Gasteiger charge is -2.07. The number of carbonyl (C=O) groups excluding carboxylic acids is 1. The van der Waals surface area contributed by atoms with Crippen LogP contribution < -0.4 is 5.32 Å². The number of hydrogen-bond acceptors (Lipinski definition) is 3. The average molecular weight is 299 g/mol. The van der Waals surface area contributed by atoms with Gasteiger partial charge in [0.1, 0.15) is 4.88 Å². The second-order valence-electron chi connectivity index (χ2n) is 5.34. The number of carbonyl (C=O) groups is 1. The fourth-order valence-electron chi connectivity index (χ4n) is 2.31. The minimum atomic E-state index is -0.0878. The summed E-state index contributed by atoms with van der Waals surface area (Å²) in [5, 5.41) is 5.01. The van der Waals surface area contributed by atoms with E-state index in [1.54, 1.807) is 0 Å². The van der Waals surface area contributed by atoms with E-state index in [9.17, 15) is 4.79 Å². The van der Waals surface area contributed by atoms with E-state index in [1.165, 1.54) is 11.3 Å². The number of benzene rings is 1. The Balaban J connectivity index is 1.88. The second-order valence-corrected chi connectivity index (χ2v) is 6.54. The van der Waals surface area contributed by atoms with Crippen LogP contribution in [-0.4, -0.2) is 15.9 Å². The van der Waals surface area contributed by atoms with Crippen LogP contribution in [0.4, 0.5) is 5.69 Å². The maximum atomic E-state index is 12.5. The number of aromatic nitrogens is 2. The molecule has 1 aromatic carbocycles. The SMILES string of the molecule is Cc1nc(C(C)C)c(C(=O)Nc2ccc3cc[nH]c3c2)s1. The van der Waals surface area contributed by atoms with Crippen molar-refractivity contribution in [3.05, 3.63) is 46.0 Å². The summed E-state index contributed by atoms with van der Waals surface area (Å²) in [7, 11) is 0. The largest absolute Gasteiger partial charge is 0.361 e. The van der Waals surface area contributed by atoms with Crippen LogP contribution in [-0.2, 0) is 0 Å². The van der Waals surface area contributed by atoms with Gasteiger partial charge in [0.25, 0.3) is 5.91 Å². The molecule has 108 valence electrons. The van der Waals surface area contributed by atoms with Crippen molar-refractivity contribution in [1.29, 1.82) is 0 Å². The topological polar surface area (TPSA) is 57.8 Å². The molecule has 2 N–H and O–H groups in total. The Morgan fingerprint density at radius 3 is 2.90 bits per heavy atom. The summed E-state index contributed by atoms with van der Waals surface area (Å²) in [4.78, 5) is 20.8. The van der Waals surface area contributed by atoms with Crippen molar-refractivity contribution in [3.8, 4) is 0 Å². The molecule has 0 spiro atoms. The first kappa shape index (κ1) is 13.8. The Morgan fingerprint density at radius 1 is 1.33 bits per heavy atom. The van der Waals surface area contributed by atoms with Crippen LogP contribution in [0.15, 0.2) is 30.5 Å². The van der Waals surface area contributed by atoms with Crippen molar-refractivity contribution in [2.24, 2.45) is 0 Å². The number of hydrogen-bond donors (Lipinski definition) is 2. The van der Waals surface area contributed by atoms with E-state index < -0.39 is 0 Å². The molecular weight excluding hydrogens is 282 g/mol. The first-order chi connectivity index (χ1) is 10.0. The highest BCUT2D eigenvalue weighted by molar-refractivity contribution is 7.13. The zero-order chi connectivity index (χ0) is 15.0. The molecule has 1 amide bonds. The third-order valence-corrected chi connectivity index (χ3v) is 4.31. The van der Waals surface area contributed by atoms with Crippen molar-refractivity contribution < 1.29 is 4.79 Å². The molecule has 3 aromatic rings. The molecule has 0 radical (unpaired) electrons. The summed E-state index contributed by atoms with van der Waals surface area (Å²) >= 11 is 1.44. The Hall–Kier alpha value is -2.14. The number of H-pyrrole nitrogens is 1. The zero-order valence-electron chi connectivity index (χ0n) is 12.2. The number of aryl methyl sites for hydroxylation is 1. The van der Waals surface area contributed by atoms with Crippen molar-refractivity contribution in [2.75, 3.05) is 5.32 Å².